The highest BCUT2D eigenvalue weighted by Gasteiger charge is 2.20. The third-order valence-corrected chi connectivity index (χ3v) is 7.59. The van der Waals surface area contributed by atoms with Crippen molar-refractivity contribution in [2.45, 2.75) is 43.3 Å². The summed E-state index contributed by atoms with van der Waals surface area (Å²) in [5, 5.41) is 12.0. The molecule has 1 N–H and O–H groups in total. The Labute approximate surface area is 159 Å². The summed E-state index contributed by atoms with van der Waals surface area (Å²) in [5.74, 6) is 2.16. The average molecular weight is 369 g/mol. The summed E-state index contributed by atoms with van der Waals surface area (Å²) in [5.41, 5.74) is 9.56. The molecule has 0 aliphatic carbocycles. The number of nitrogens with zero attached hydrogens (tertiary/aromatic N) is 1. The Morgan fingerprint density at radius 3 is 2.20 bits per heavy atom. The maximum atomic E-state index is 8.67. The highest BCUT2D eigenvalue weighted by Crippen LogP contribution is 2.46. The van der Waals surface area contributed by atoms with E-state index in [9.17, 15) is 0 Å². The van der Waals surface area contributed by atoms with E-state index in [1.54, 1.807) is 0 Å². The third kappa shape index (κ3) is 4.34. The number of nitrogens with one attached hydrogen (secondary N) is 1. The van der Waals surface area contributed by atoms with E-state index in [1.807, 2.05) is 23.5 Å². The molecule has 0 saturated heterocycles. The minimum absolute atomic E-state index is 0.472. The van der Waals surface area contributed by atoms with Gasteiger partial charge in [-0.2, -0.15) is 5.26 Å². The molecular formula is C21H24N2S2. The van der Waals surface area contributed by atoms with Gasteiger partial charge in [0, 0.05) is 23.7 Å². The Morgan fingerprint density at radius 1 is 1.00 bits per heavy atom. The lowest BCUT2D eigenvalue weighted by Crippen LogP contribution is -2.02. The SMILES string of the molecule is Cc1cc2c(cc1C)CSC(c1ccc(NCCC#N)c(C)c1)SC2. The van der Waals surface area contributed by atoms with Gasteiger partial charge in [0.15, 0.2) is 0 Å². The van der Waals surface area contributed by atoms with Gasteiger partial charge in [-0.25, -0.2) is 0 Å². The molecule has 1 heterocycles. The number of nitriles is 1. The summed E-state index contributed by atoms with van der Waals surface area (Å²) in [7, 11) is 0. The molecule has 0 atom stereocenters. The number of aryl methyl sites for hydroxylation is 3. The van der Waals surface area contributed by atoms with Gasteiger partial charge in [0.05, 0.1) is 17.1 Å². The number of hydrogen-bond acceptors (Lipinski definition) is 4. The molecule has 1 aliphatic heterocycles. The highest BCUT2D eigenvalue weighted by atomic mass is 32.2. The van der Waals surface area contributed by atoms with Crippen molar-refractivity contribution in [2.75, 3.05) is 11.9 Å². The highest BCUT2D eigenvalue weighted by molar-refractivity contribution is 8.15. The fourth-order valence-electron chi connectivity index (χ4n) is 3.06. The zero-order valence-electron chi connectivity index (χ0n) is 15.1. The molecule has 3 rings (SSSR count). The summed E-state index contributed by atoms with van der Waals surface area (Å²) >= 11 is 4.06. The Bertz CT molecular complexity index is 775. The van der Waals surface area contributed by atoms with E-state index in [0.717, 1.165) is 17.2 Å². The van der Waals surface area contributed by atoms with Crippen molar-refractivity contribution < 1.29 is 0 Å². The molecule has 4 heteroatoms. The lowest BCUT2D eigenvalue weighted by Gasteiger charge is -2.16. The standard InChI is InChI=1S/C21H24N2S2/c1-14-9-18-12-24-21(25-13-19(18)10-15(14)2)17-5-6-20(16(3)11-17)23-8-4-7-22/h5-6,9-11,21,23H,4,8,12-13H2,1-3H3. The van der Waals surface area contributed by atoms with Crippen LogP contribution in [0.2, 0.25) is 0 Å². The average Bonchev–Trinajstić information content (AvgIpc) is 2.79. The van der Waals surface area contributed by atoms with Crippen molar-refractivity contribution in [2.24, 2.45) is 0 Å². The van der Waals surface area contributed by atoms with Gasteiger partial charge in [0.2, 0.25) is 0 Å². The maximum Gasteiger partial charge on any atom is 0.0758 e. The monoisotopic (exact) mass is 368 g/mol. The predicted molar refractivity (Wildman–Crippen MR) is 111 cm³/mol. The first-order valence-electron chi connectivity index (χ1n) is 8.62. The number of thioether (sulfide) groups is 2. The Morgan fingerprint density at radius 2 is 1.64 bits per heavy atom. The summed E-state index contributed by atoms with van der Waals surface area (Å²) in [6.45, 7) is 7.26. The fraction of sp³-hybridized carbons (Fsp3) is 0.381. The van der Waals surface area contributed by atoms with Gasteiger partial charge >= 0.3 is 0 Å². The number of anilines is 1. The van der Waals surface area contributed by atoms with Gasteiger partial charge in [-0.1, -0.05) is 24.3 Å². The van der Waals surface area contributed by atoms with Crippen LogP contribution in [0.15, 0.2) is 30.3 Å². The minimum Gasteiger partial charge on any atom is -0.384 e. The van der Waals surface area contributed by atoms with Crippen LogP contribution >= 0.6 is 23.5 Å². The van der Waals surface area contributed by atoms with Crippen LogP contribution in [0.5, 0.6) is 0 Å². The Balaban J connectivity index is 1.73. The molecule has 2 aromatic rings. The molecule has 2 nitrogen and oxygen atoms in total. The van der Waals surface area contributed by atoms with Crippen molar-refractivity contribution in [1.82, 2.24) is 0 Å². The van der Waals surface area contributed by atoms with Crippen molar-refractivity contribution in [3.05, 3.63) is 63.7 Å². The number of benzene rings is 2. The van der Waals surface area contributed by atoms with Gasteiger partial charge in [-0.15, -0.1) is 23.5 Å². The first kappa shape index (κ1) is 18.2. The second kappa shape index (κ2) is 8.21. The zero-order chi connectivity index (χ0) is 17.8. The number of hydrogen-bond donors (Lipinski definition) is 1. The van der Waals surface area contributed by atoms with Gasteiger partial charge < -0.3 is 5.32 Å². The van der Waals surface area contributed by atoms with E-state index in [-0.39, 0.29) is 0 Å². The second-order valence-corrected chi connectivity index (χ2v) is 9.05. The van der Waals surface area contributed by atoms with Gasteiger partial charge in [-0.3, -0.25) is 0 Å². The molecule has 0 spiro atoms. The van der Waals surface area contributed by atoms with E-state index in [2.05, 4.69) is 62.5 Å². The largest absolute Gasteiger partial charge is 0.384 e. The molecule has 0 bridgehead atoms. The summed E-state index contributed by atoms with van der Waals surface area (Å²) < 4.78 is 0.472. The Kier molecular flexibility index (Phi) is 5.98. The van der Waals surface area contributed by atoms with Gasteiger partial charge in [0.1, 0.15) is 0 Å². The van der Waals surface area contributed by atoms with Crippen molar-refractivity contribution >= 4 is 29.2 Å². The van der Waals surface area contributed by atoms with Crippen molar-refractivity contribution in [3.63, 3.8) is 0 Å². The lowest BCUT2D eigenvalue weighted by molar-refractivity contribution is 1.07. The summed E-state index contributed by atoms with van der Waals surface area (Å²) in [6.07, 6.45) is 0.534. The normalized spacial score (nSPS) is 14.5. The van der Waals surface area contributed by atoms with Crippen LogP contribution in [0, 0.1) is 32.1 Å². The van der Waals surface area contributed by atoms with Crippen LogP contribution in [-0.4, -0.2) is 6.54 Å². The summed E-state index contributed by atoms with van der Waals surface area (Å²) in [4.78, 5) is 0. The van der Waals surface area contributed by atoms with Crippen LogP contribution in [0.4, 0.5) is 5.69 Å². The molecule has 0 saturated carbocycles. The van der Waals surface area contributed by atoms with Crippen LogP contribution in [0.3, 0.4) is 0 Å². The smallest absolute Gasteiger partial charge is 0.0758 e. The number of fused-ring (bicyclic) bond motifs is 1. The topological polar surface area (TPSA) is 35.8 Å². The Hall–Kier alpha value is -1.57. The molecule has 130 valence electrons. The lowest BCUT2D eigenvalue weighted by atomic mass is 10.0. The minimum atomic E-state index is 0.472. The predicted octanol–water partition coefficient (Wildman–Crippen LogP) is 6.12. The first-order chi connectivity index (χ1) is 12.1. The van der Waals surface area contributed by atoms with Gasteiger partial charge in [0.25, 0.3) is 0 Å². The van der Waals surface area contributed by atoms with E-state index < -0.39 is 0 Å². The second-order valence-electron chi connectivity index (χ2n) is 6.57. The zero-order valence-corrected chi connectivity index (χ0v) is 16.7. The number of rotatable bonds is 4. The van der Waals surface area contributed by atoms with E-state index >= 15 is 0 Å². The molecule has 25 heavy (non-hydrogen) atoms. The van der Waals surface area contributed by atoms with Crippen molar-refractivity contribution in [1.29, 1.82) is 5.26 Å². The fourth-order valence-corrected chi connectivity index (χ4v) is 5.73. The van der Waals surface area contributed by atoms with Crippen LogP contribution < -0.4 is 5.32 Å². The maximum absolute atomic E-state index is 8.67. The van der Waals surface area contributed by atoms with E-state index in [4.69, 9.17) is 5.26 Å². The van der Waals surface area contributed by atoms with Crippen LogP contribution in [0.1, 0.15) is 44.4 Å². The van der Waals surface area contributed by atoms with E-state index in [1.165, 1.54) is 33.4 Å². The molecule has 1 aliphatic rings. The first-order valence-corrected chi connectivity index (χ1v) is 10.7. The molecular weight excluding hydrogens is 344 g/mol. The molecule has 0 amide bonds. The molecule has 0 aromatic heterocycles. The quantitative estimate of drug-likeness (QED) is 0.660. The van der Waals surface area contributed by atoms with Gasteiger partial charge in [-0.05, 0) is 60.2 Å². The van der Waals surface area contributed by atoms with Crippen molar-refractivity contribution in [3.8, 4) is 6.07 Å². The molecule has 0 unspecified atom stereocenters. The molecule has 0 radical (unpaired) electrons. The van der Waals surface area contributed by atoms with E-state index in [0.29, 0.717) is 17.5 Å². The molecule has 0 fully saturated rings. The summed E-state index contributed by atoms with van der Waals surface area (Å²) in [6, 6.07) is 13.6. The third-order valence-electron chi connectivity index (χ3n) is 4.67. The molecule has 2 aromatic carbocycles. The van der Waals surface area contributed by atoms with Crippen LogP contribution in [-0.2, 0) is 11.5 Å². The van der Waals surface area contributed by atoms with Crippen LogP contribution in [0.25, 0.3) is 0 Å².